The van der Waals surface area contributed by atoms with Gasteiger partial charge in [-0.15, -0.1) is 0 Å². The van der Waals surface area contributed by atoms with Crippen molar-refractivity contribution in [3.05, 3.63) is 80.7 Å². The molecule has 0 unspecified atom stereocenters. The summed E-state index contributed by atoms with van der Waals surface area (Å²) in [6.07, 6.45) is 1.90. The summed E-state index contributed by atoms with van der Waals surface area (Å²) in [6.45, 7) is 5.46. The normalized spacial score (nSPS) is 12.8. The van der Waals surface area contributed by atoms with Gasteiger partial charge in [-0.05, 0) is 62.7 Å². The average molecular weight is 538 g/mol. The van der Waals surface area contributed by atoms with Gasteiger partial charge in [0.05, 0.1) is 22.6 Å². The number of rotatable bonds is 5. The van der Waals surface area contributed by atoms with Gasteiger partial charge in [-0.2, -0.15) is 5.10 Å². The van der Waals surface area contributed by atoms with E-state index in [4.69, 9.17) is 21.2 Å². The van der Waals surface area contributed by atoms with Crippen molar-refractivity contribution < 1.29 is 12.8 Å². The van der Waals surface area contributed by atoms with E-state index in [1.54, 1.807) is 17.7 Å². The number of halogens is 1. The van der Waals surface area contributed by atoms with E-state index in [0.717, 1.165) is 22.0 Å². The molecule has 0 radical (unpaired) electrons. The second-order valence-electron chi connectivity index (χ2n) is 9.09. The third kappa shape index (κ3) is 4.59. The summed E-state index contributed by atoms with van der Waals surface area (Å²) in [4.78, 5) is 17.4. The first-order valence-corrected chi connectivity index (χ1v) is 13.3. The zero-order chi connectivity index (χ0) is 26.6. The van der Waals surface area contributed by atoms with Crippen LogP contribution in [0.2, 0.25) is 5.15 Å². The van der Waals surface area contributed by atoms with Crippen LogP contribution in [-0.4, -0.2) is 23.2 Å². The standard InChI is InChI=1S/C26H24ClN5O4S/c1-13-9-18(15(3)29-21-7-8-22(27)30-26(21)37(28,34)35)25-19(10-13)23(33)14(2)24(36-25)16-5-6-20-17(11-16)12-32(4)31-20/h5-12,15,29H,1-4H3,(H2,28,34,35)/t15-/m1/s1. The van der Waals surface area contributed by atoms with E-state index < -0.39 is 16.1 Å². The molecule has 3 heterocycles. The number of nitrogens with zero attached hydrogens (tertiary/aromatic N) is 3. The maximum Gasteiger partial charge on any atom is 0.257 e. The van der Waals surface area contributed by atoms with Crippen LogP contribution in [0.4, 0.5) is 5.69 Å². The Labute approximate surface area is 217 Å². The summed E-state index contributed by atoms with van der Waals surface area (Å²) in [7, 11) is -2.30. The topological polar surface area (TPSA) is 133 Å². The molecule has 1 atom stereocenters. The maximum atomic E-state index is 13.5. The van der Waals surface area contributed by atoms with Gasteiger partial charge in [0.1, 0.15) is 16.5 Å². The molecule has 2 aromatic carbocycles. The molecule has 190 valence electrons. The van der Waals surface area contributed by atoms with Crippen molar-refractivity contribution in [3.63, 3.8) is 0 Å². The molecule has 0 aliphatic carbocycles. The summed E-state index contributed by atoms with van der Waals surface area (Å²) >= 11 is 5.91. The van der Waals surface area contributed by atoms with E-state index in [0.29, 0.717) is 27.9 Å². The highest BCUT2D eigenvalue weighted by molar-refractivity contribution is 7.89. The molecule has 0 saturated carbocycles. The van der Waals surface area contributed by atoms with E-state index in [9.17, 15) is 13.2 Å². The molecule has 0 aliphatic heterocycles. The summed E-state index contributed by atoms with van der Waals surface area (Å²) < 4.78 is 32.4. The van der Waals surface area contributed by atoms with Crippen LogP contribution >= 0.6 is 11.6 Å². The van der Waals surface area contributed by atoms with Crippen molar-refractivity contribution in [2.45, 2.75) is 31.8 Å². The highest BCUT2D eigenvalue weighted by atomic mass is 35.5. The lowest BCUT2D eigenvalue weighted by Gasteiger charge is -2.20. The molecule has 0 saturated heterocycles. The molecule has 0 amide bonds. The zero-order valence-corrected chi connectivity index (χ0v) is 22.1. The Morgan fingerprint density at radius 1 is 1.14 bits per heavy atom. The molecule has 3 aromatic heterocycles. The van der Waals surface area contributed by atoms with Gasteiger partial charge in [0, 0.05) is 35.3 Å². The predicted molar refractivity (Wildman–Crippen MR) is 144 cm³/mol. The number of fused-ring (bicyclic) bond motifs is 2. The molecule has 0 bridgehead atoms. The lowest BCUT2D eigenvalue weighted by molar-refractivity contribution is 0.594. The SMILES string of the molecule is Cc1cc([C@@H](C)Nc2ccc(Cl)nc2S(N)(=O)=O)c2oc(-c3ccc4nn(C)cc4c3)c(C)c(=O)c2c1. The van der Waals surface area contributed by atoms with Crippen molar-refractivity contribution in [2.75, 3.05) is 5.32 Å². The van der Waals surface area contributed by atoms with Crippen molar-refractivity contribution in [2.24, 2.45) is 12.2 Å². The quantitative estimate of drug-likeness (QED) is 0.307. The van der Waals surface area contributed by atoms with Crippen molar-refractivity contribution >= 4 is 49.2 Å². The van der Waals surface area contributed by atoms with Crippen LogP contribution in [0.3, 0.4) is 0 Å². The fraction of sp³-hybridized carbons (Fsp3) is 0.192. The minimum Gasteiger partial charge on any atom is -0.455 e. The van der Waals surface area contributed by atoms with E-state index in [1.807, 2.05) is 51.4 Å². The van der Waals surface area contributed by atoms with Crippen LogP contribution in [0.1, 0.15) is 29.7 Å². The Hall–Kier alpha value is -3.73. The van der Waals surface area contributed by atoms with Gasteiger partial charge >= 0.3 is 0 Å². The fourth-order valence-electron chi connectivity index (χ4n) is 4.51. The van der Waals surface area contributed by atoms with Gasteiger partial charge in [0.2, 0.25) is 0 Å². The minimum absolute atomic E-state index is 0.0000628. The first-order chi connectivity index (χ1) is 17.4. The van der Waals surface area contributed by atoms with E-state index >= 15 is 0 Å². The number of anilines is 1. The van der Waals surface area contributed by atoms with Crippen LogP contribution in [-0.2, 0) is 17.1 Å². The van der Waals surface area contributed by atoms with Crippen LogP contribution in [0.25, 0.3) is 33.2 Å². The number of aromatic nitrogens is 3. The Kier molecular flexibility index (Phi) is 6.06. The number of nitrogens with one attached hydrogen (secondary N) is 1. The van der Waals surface area contributed by atoms with Gasteiger partial charge < -0.3 is 9.73 Å². The molecule has 11 heteroatoms. The number of sulfonamides is 1. The predicted octanol–water partition coefficient (Wildman–Crippen LogP) is 4.83. The molecular weight excluding hydrogens is 514 g/mol. The molecular formula is C26H24ClN5O4S. The van der Waals surface area contributed by atoms with Crippen LogP contribution < -0.4 is 15.9 Å². The largest absolute Gasteiger partial charge is 0.455 e. The molecule has 37 heavy (non-hydrogen) atoms. The van der Waals surface area contributed by atoms with Gasteiger partial charge in [-0.1, -0.05) is 17.7 Å². The molecule has 0 fully saturated rings. The van der Waals surface area contributed by atoms with Crippen molar-refractivity contribution in [1.29, 1.82) is 0 Å². The third-order valence-corrected chi connectivity index (χ3v) is 7.27. The molecule has 5 rings (SSSR count). The monoisotopic (exact) mass is 537 g/mol. The van der Waals surface area contributed by atoms with Crippen molar-refractivity contribution in [3.8, 4) is 11.3 Å². The van der Waals surface area contributed by atoms with Gasteiger partial charge in [0.25, 0.3) is 10.0 Å². The van der Waals surface area contributed by atoms with E-state index in [2.05, 4.69) is 15.4 Å². The van der Waals surface area contributed by atoms with Crippen LogP contribution in [0, 0.1) is 13.8 Å². The highest BCUT2D eigenvalue weighted by Crippen LogP contribution is 2.34. The molecule has 5 aromatic rings. The summed E-state index contributed by atoms with van der Waals surface area (Å²) in [5.74, 6) is 0.457. The number of pyridine rings is 1. The third-order valence-electron chi connectivity index (χ3n) is 6.21. The van der Waals surface area contributed by atoms with Gasteiger partial charge in [0.15, 0.2) is 10.5 Å². The Morgan fingerprint density at radius 2 is 1.89 bits per heavy atom. The summed E-state index contributed by atoms with van der Waals surface area (Å²) in [6, 6.07) is 11.9. The minimum atomic E-state index is -4.14. The Morgan fingerprint density at radius 3 is 2.62 bits per heavy atom. The van der Waals surface area contributed by atoms with Crippen LogP contribution in [0.5, 0.6) is 0 Å². The molecule has 3 N–H and O–H groups in total. The lowest BCUT2D eigenvalue weighted by Crippen LogP contribution is -2.18. The summed E-state index contributed by atoms with van der Waals surface area (Å²) in [5.41, 5.74) is 4.06. The van der Waals surface area contributed by atoms with E-state index in [-0.39, 0.29) is 21.3 Å². The number of hydrogen-bond donors (Lipinski definition) is 2. The number of benzene rings is 2. The van der Waals surface area contributed by atoms with Gasteiger partial charge in [-0.25, -0.2) is 18.5 Å². The average Bonchev–Trinajstić information content (AvgIpc) is 3.20. The first-order valence-electron chi connectivity index (χ1n) is 11.4. The number of hydrogen-bond acceptors (Lipinski definition) is 7. The molecule has 9 nitrogen and oxygen atoms in total. The summed E-state index contributed by atoms with van der Waals surface area (Å²) in [5, 5.41) is 13.9. The second kappa shape index (κ2) is 8.98. The number of nitrogens with two attached hydrogens (primary N) is 1. The van der Waals surface area contributed by atoms with Crippen molar-refractivity contribution in [1.82, 2.24) is 14.8 Å². The smallest absolute Gasteiger partial charge is 0.257 e. The second-order valence-corrected chi connectivity index (χ2v) is 11.0. The molecule has 0 aliphatic rings. The first kappa shape index (κ1) is 24.9. The number of primary sulfonamides is 1. The molecule has 0 spiro atoms. The maximum absolute atomic E-state index is 13.5. The van der Waals surface area contributed by atoms with Gasteiger partial charge in [-0.3, -0.25) is 9.48 Å². The van der Waals surface area contributed by atoms with E-state index in [1.165, 1.54) is 12.1 Å². The number of aryl methyl sites for hydroxylation is 2. The highest BCUT2D eigenvalue weighted by Gasteiger charge is 2.22. The zero-order valence-electron chi connectivity index (χ0n) is 20.5. The fourth-order valence-corrected chi connectivity index (χ4v) is 5.37. The lowest BCUT2D eigenvalue weighted by atomic mass is 9.98. The van der Waals surface area contributed by atoms with Crippen LogP contribution in [0.15, 0.2) is 62.9 Å². The Bertz CT molecular complexity index is 1880. The Balaban J connectivity index is 1.68.